The van der Waals surface area contributed by atoms with Crippen LogP contribution >= 0.6 is 11.8 Å². The van der Waals surface area contributed by atoms with Crippen molar-refractivity contribution in [2.75, 3.05) is 27.1 Å². The van der Waals surface area contributed by atoms with Crippen molar-refractivity contribution in [3.05, 3.63) is 23.8 Å². The predicted molar refractivity (Wildman–Crippen MR) is 88.1 cm³/mol. The van der Waals surface area contributed by atoms with E-state index in [0.717, 1.165) is 10.6 Å². The van der Waals surface area contributed by atoms with Gasteiger partial charge in [-0.2, -0.15) is 0 Å². The monoisotopic (exact) mass is 323 g/mol. The number of benzene rings is 1. The average Bonchev–Trinajstić information content (AvgIpc) is 2.99. The Labute approximate surface area is 135 Å². The first-order chi connectivity index (χ1) is 10.5. The van der Waals surface area contributed by atoms with Crippen LogP contribution < -0.4 is 9.47 Å². The van der Waals surface area contributed by atoms with Gasteiger partial charge in [0.1, 0.15) is 16.5 Å². The molecule has 1 aromatic rings. The van der Waals surface area contributed by atoms with Gasteiger partial charge in [0.05, 0.1) is 21.3 Å². The van der Waals surface area contributed by atoms with Crippen LogP contribution in [0.2, 0.25) is 0 Å². The second kappa shape index (κ2) is 6.60. The van der Waals surface area contributed by atoms with Crippen molar-refractivity contribution >= 4 is 22.8 Å². The number of rotatable bonds is 5. The van der Waals surface area contributed by atoms with Gasteiger partial charge in [0.25, 0.3) is 0 Å². The van der Waals surface area contributed by atoms with E-state index in [1.54, 1.807) is 26.0 Å². The van der Waals surface area contributed by atoms with Gasteiger partial charge < -0.3 is 14.2 Å². The van der Waals surface area contributed by atoms with E-state index < -0.39 is 5.54 Å². The second-order valence-electron chi connectivity index (χ2n) is 5.34. The first-order valence-electron chi connectivity index (χ1n) is 7.02. The van der Waals surface area contributed by atoms with Crippen molar-refractivity contribution in [2.45, 2.75) is 19.4 Å². The predicted octanol–water partition coefficient (Wildman–Crippen LogP) is 2.77. The number of methoxy groups -OCH3 is 3. The SMILES string of the molecule is COC(=O)[C@@]1(C(C)C)CSC(c2ccc(OC)cc2OC)=N1. The topological polar surface area (TPSA) is 57.1 Å². The van der Waals surface area contributed by atoms with Crippen molar-refractivity contribution in [2.24, 2.45) is 10.9 Å². The molecule has 0 N–H and O–H groups in total. The minimum atomic E-state index is -0.834. The fourth-order valence-corrected chi connectivity index (χ4v) is 3.77. The molecule has 1 atom stereocenters. The Balaban J connectivity index is 2.46. The normalized spacial score (nSPS) is 20.7. The van der Waals surface area contributed by atoms with Gasteiger partial charge in [-0.15, -0.1) is 11.8 Å². The van der Waals surface area contributed by atoms with Gasteiger partial charge in [-0.05, 0) is 18.1 Å². The standard InChI is InChI=1S/C16H21NO4S/c1-10(2)16(15(18)21-5)9-22-14(17-16)12-7-6-11(19-3)8-13(12)20-4/h6-8,10H,9H2,1-5H3/t16-/m0/s1. The van der Waals surface area contributed by atoms with E-state index >= 15 is 0 Å². The lowest BCUT2D eigenvalue weighted by Crippen LogP contribution is -2.43. The smallest absolute Gasteiger partial charge is 0.334 e. The summed E-state index contributed by atoms with van der Waals surface area (Å²) in [6, 6.07) is 5.57. The minimum absolute atomic E-state index is 0.0502. The molecule has 0 bridgehead atoms. The van der Waals surface area contributed by atoms with Crippen LogP contribution in [0.25, 0.3) is 0 Å². The Morgan fingerprint density at radius 2 is 2.00 bits per heavy atom. The number of hydrogen-bond donors (Lipinski definition) is 0. The molecular formula is C16H21NO4S. The number of aliphatic imine (C=N–C) groups is 1. The van der Waals surface area contributed by atoms with Gasteiger partial charge in [0.15, 0.2) is 5.54 Å². The van der Waals surface area contributed by atoms with Crippen molar-refractivity contribution in [1.29, 1.82) is 0 Å². The summed E-state index contributed by atoms with van der Waals surface area (Å²) in [7, 11) is 4.62. The van der Waals surface area contributed by atoms with Crippen molar-refractivity contribution in [3.63, 3.8) is 0 Å². The summed E-state index contributed by atoms with van der Waals surface area (Å²) in [6.45, 7) is 3.96. The molecule has 5 nitrogen and oxygen atoms in total. The lowest BCUT2D eigenvalue weighted by molar-refractivity contribution is -0.147. The highest BCUT2D eigenvalue weighted by molar-refractivity contribution is 8.14. The number of carbonyl (C=O) groups excluding carboxylic acids is 1. The lowest BCUT2D eigenvalue weighted by Gasteiger charge is -2.26. The largest absolute Gasteiger partial charge is 0.497 e. The number of hydrogen-bond acceptors (Lipinski definition) is 6. The molecule has 0 spiro atoms. The van der Waals surface area contributed by atoms with Gasteiger partial charge in [-0.1, -0.05) is 13.8 Å². The Kier molecular flexibility index (Phi) is 5.01. The summed E-state index contributed by atoms with van der Waals surface area (Å²) in [6.07, 6.45) is 0. The van der Waals surface area contributed by atoms with Crippen LogP contribution in [-0.2, 0) is 9.53 Å². The van der Waals surface area contributed by atoms with Gasteiger partial charge >= 0.3 is 5.97 Å². The van der Waals surface area contributed by atoms with Gasteiger partial charge in [-0.3, -0.25) is 4.99 Å². The number of thioether (sulfide) groups is 1. The molecule has 0 unspecified atom stereocenters. The van der Waals surface area contributed by atoms with Crippen LogP contribution in [0.15, 0.2) is 23.2 Å². The average molecular weight is 323 g/mol. The summed E-state index contributed by atoms with van der Waals surface area (Å²) in [5.74, 6) is 1.72. The zero-order valence-corrected chi connectivity index (χ0v) is 14.3. The number of carbonyl (C=O) groups is 1. The maximum atomic E-state index is 12.2. The van der Waals surface area contributed by atoms with Gasteiger partial charge in [0.2, 0.25) is 0 Å². The molecule has 1 aliphatic rings. The Morgan fingerprint density at radius 3 is 2.55 bits per heavy atom. The van der Waals surface area contributed by atoms with Crippen LogP contribution in [0, 0.1) is 5.92 Å². The fourth-order valence-electron chi connectivity index (χ4n) is 2.35. The molecule has 0 saturated carbocycles. The highest BCUT2D eigenvalue weighted by atomic mass is 32.2. The van der Waals surface area contributed by atoms with Crippen molar-refractivity contribution in [3.8, 4) is 11.5 Å². The van der Waals surface area contributed by atoms with Crippen LogP contribution in [0.4, 0.5) is 0 Å². The van der Waals surface area contributed by atoms with E-state index in [1.807, 2.05) is 32.0 Å². The van der Waals surface area contributed by atoms with Crippen molar-refractivity contribution in [1.82, 2.24) is 0 Å². The Hall–Kier alpha value is -1.69. The van der Waals surface area contributed by atoms with Crippen LogP contribution in [-0.4, -0.2) is 43.6 Å². The maximum Gasteiger partial charge on any atom is 0.334 e. The molecule has 6 heteroatoms. The molecule has 0 saturated heterocycles. The summed E-state index contributed by atoms with van der Waals surface area (Å²) < 4.78 is 15.6. The molecule has 0 amide bonds. The zero-order valence-electron chi connectivity index (χ0n) is 13.5. The Bertz CT molecular complexity index is 600. The molecule has 1 aliphatic heterocycles. The molecule has 120 valence electrons. The summed E-state index contributed by atoms with van der Waals surface area (Å²) in [5, 5.41) is 0.790. The minimum Gasteiger partial charge on any atom is -0.497 e. The summed E-state index contributed by atoms with van der Waals surface area (Å²) in [4.78, 5) is 16.9. The van der Waals surface area contributed by atoms with E-state index in [9.17, 15) is 4.79 Å². The lowest BCUT2D eigenvalue weighted by atomic mass is 9.89. The molecular weight excluding hydrogens is 302 g/mol. The first-order valence-corrected chi connectivity index (χ1v) is 8.00. The molecule has 22 heavy (non-hydrogen) atoms. The first kappa shape index (κ1) is 16.7. The molecule has 0 aliphatic carbocycles. The third-order valence-corrected chi connectivity index (χ3v) is 5.03. The second-order valence-corrected chi connectivity index (χ2v) is 6.31. The van der Waals surface area contributed by atoms with Crippen LogP contribution in [0.3, 0.4) is 0 Å². The molecule has 1 heterocycles. The van der Waals surface area contributed by atoms with Crippen LogP contribution in [0.1, 0.15) is 19.4 Å². The molecule has 0 fully saturated rings. The third-order valence-electron chi connectivity index (χ3n) is 3.86. The third kappa shape index (κ3) is 2.79. The van der Waals surface area contributed by atoms with Crippen molar-refractivity contribution < 1.29 is 19.0 Å². The summed E-state index contributed by atoms with van der Waals surface area (Å²) >= 11 is 1.55. The quantitative estimate of drug-likeness (QED) is 0.780. The number of nitrogens with zero attached hydrogens (tertiary/aromatic N) is 1. The maximum absolute atomic E-state index is 12.2. The number of esters is 1. The number of ether oxygens (including phenoxy) is 3. The Morgan fingerprint density at radius 1 is 1.27 bits per heavy atom. The van der Waals surface area contributed by atoms with E-state index in [2.05, 4.69) is 0 Å². The molecule has 0 aromatic heterocycles. The van der Waals surface area contributed by atoms with E-state index in [0.29, 0.717) is 17.3 Å². The van der Waals surface area contributed by atoms with E-state index in [1.165, 1.54) is 7.11 Å². The summed E-state index contributed by atoms with van der Waals surface area (Å²) in [5.41, 5.74) is 0.0272. The highest BCUT2D eigenvalue weighted by Crippen LogP contribution is 2.39. The molecule has 2 rings (SSSR count). The zero-order chi connectivity index (χ0) is 16.3. The van der Waals surface area contributed by atoms with E-state index in [-0.39, 0.29) is 11.9 Å². The molecule has 0 radical (unpaired) electrons. The highest BCUT2D eigenvalue weighted by Gasteiger charge is 2.47. The van der Waals surface area contributed by atoms with Crippen LogP contribution in [0.5, 0.6) is 11.5 Å². The van der Waals surface area contributed by atoms with Gasteiger partial charge in [0, 0.05) is 17.4 Å². The van der Waals surface area contributed by atoms with Gasteiger partial charge in [-0.25, -0.2) is 4.79 Å². The molecule has 1 aromatic carbocycles. The fraction of sp³-hybridized carbons (Fsp3) is 0.500. The van der Waals surface area contributed by atoms with E-state index in [4.69, 9.17) is 19.2 Å².